The summed E-state index contributed by atoms with van der Waals surface area (Å²) in [6.45, 7) is 7.10. The van der Waals surface area contributed by atoms with Crippen LogP contribution in [0.1, 0.15) is 35.4 Å². The van der Waals surface area contributed by atoms with Crippen molar-refractivity contribution in [2.75, 3.05) is 31.1 Å². The summed E-state index contributed by atoms with van der Waals surface area (Å²) in [6.07, 6.45) is 1.78. The van der Waals surface area contributed by atoms with Gasteiger partial charge in [-0.05, 0) is 25.5 Å². The van der Waals surface area contributed by atoms with Crippen LogP contribution < -0.4 is 4.90 Å². The number of aromatic nitrogens is 3. The van der Waals surface area contributed by atoms with Crippen molar-refractivity contribution in [1.29, 1.82) is 0 Å². The summed E-state index contributed by atoms with van der Waals surface area (Å²) < 4.78 is 4.35. The maximum atomic E-state index is 12.6. The first kappa shape index (κ1) is 15.9. The van der Waals surface area contributed by atoms with E-state index in [1.807, 2.05) is 24.0 Å². The molecular formula is C16H21N5OS. The fourth-order valence-corrected chi connectivity index (χ4v) is 3.45. The van der Waals surface area contributed by atoms with Gasteiger partial charge in [0.05, 0.1) is 0 Å². The Bertz CT molecular complexity index is 687. The predicted octanol–water partition coefficient (Wildman–Crippen LogP) is 2.16. The number of carbonyl (C=O) groups excluding carboxylic acids is 1. The van der Waals surface area contributed by atoms with Crippen molar-refractivity contribution in [2.24, 2.45) is 0 Å². The molecule has 0 saturated carbocycles. The number of nitrogens with zero attached hydrogens (tertiary/aromatic N) is 5. The lowest BCUT2D eigenvalue weighted by Crippen LogP contribution is -2.35. The number of anilines is 1. The Balaban J connectivity index is 1.67. The third-order valence-corrected chi connectivity index (χ3v) is 4.75. The van der Waals surface area contributed by atoms with E-state index in [-0.39, 0.29) is 5.91 Å². The molecule has 0 radical (unpaired) electrons. The molecular weight excluding hydrogens is 310 g/mol. The molecule has 0 aliphatic carbocycles. The zero-order valence-electron chi connectivity index (χ0n) is 13.5. The van der Waals surface area contributed by atoms with E-state index in [9.17, 15) is 4.79 Å². The van der Waals surface area contributed by atoms with Crippen LogP contribution in [0.3, 0.4) is 0 Å². The van der Waals surface area contributed by atoms with Gasteiger partial charge in [0.1, 0.15) is 11.5 Å². The summed E-state index contributed by atoms with van der Waals surface area (Å²) in [4.78, 5) is 25.6. The van der Waals surface area contributed by atoms with Crippen molar-refractivity contribution < 1.29 is 4.79 Å². The molecule has 0 atom stereocenters. The Morgan fingerprint density at radius 1 is 1.22 bits per heavy atom. The van der Waals surface area contributed by atoms with Crippen molar-refractivity contribution in [3.8, 4) is 0 Å². The molecule has 2 aromatic rings. The van der Waals surface area contributed by atoms with E-state index in [1.54, 1.807) is 6.07 Å². The molecule has 122 valence electrons. The van der Waals surface area contributed by atoms with Crippen molar-refractivity contribution in [1.82, 2.24) is 19.2 Å². The Kier molecular flexibility index (Phi) is 4.85. The average Bonchev–Trinajstić information content (AvgIpc) is 2.91. The number of rotatable bonds is 3. The second-order valence-electron chi connectivity index (χ2n) is 5.64. The summed E-state index contributed by atoms with van der Waals surface area (Å²) in [5.41, 5.74) is 1.40. The minimum Gasteiger partial charge on any atom is -0.345 e. The van der Waals surface area contributed by atoms with Crippen molar-refractivity contribution in [2.45, 2.75) is 26.7 Å². The highest BCUT2D eigenvalue weighted by Crippen LogP contribution is 2.19. The molecule has 23 heavy (non-hydrogen) atoms. The van der Waals surface area contributed by atoms with Gasteiger partial charge >= 0.3 is 0 Å². The smallest absolute Gasteiger partial charge is 0.272 e. The molecule has 2 aromatic heterocycles. The van der Waals surface area contributed by atoms with Crippen LogP contribution in [0.5, 0.6) is 0 Å². The van der Waals surface area contributed by atoms with Gasteiger partial charge in [0.2, 0.25) is 5.13 Å². The van der Waals surface area contributed by atoms with Crippen LogP contribution in [-0.2, 0) is 6.42 Å². The van der Waals surface area contributed by atoms with Gasteiger partial charge in [-0.15, -0.1) is 0 Å². The summed E-state index contributed by atoms with van der Waals surface area (Å²) >= 11 is 1.45. The van der Waals surface area contributed by atoms with Gasteiger partial charge in [-0.1, -0.05) is 13.0 Å². The van der Waals surface area contributed by atoms with E-state index in [2.05, 4.69) is 26.2 Å². The average molecular weight is 331 g/mol. The highest BCUT2D eigenvalue weighted by atomic mass is 32.1. The Labute approximate surface area is 140 Å². The Hall–Kier alpha value is -2.02. The Morgan fingerprint density at radius 3 is 2.83 bits per heavy atom. The predicted molar refractivity (Wildman–Crippen MR) is 91.0 cm³/mol. The number of aryl methyl sites for hydroxylation is 2. The third-order valence-electron chi connectivity index (χ3n) is 3.93. The van der Waals surface area contributed by atoms with Crippen molar-refractivity contribution >= 4 is 22.6 Å². The quantitative estimate of drug-likeness (QED) is 0.862. The van der Waals surface area contributed by atoms with Crippen LogP contribution in [-0.4, -0.2) is 51.3 Å². The van der Waals surface area contributed by atoms with Gasteiger partial charge in [-0.2, -0.15) is 4.37 Å². The third kappa shape index (κ3) is 3.67. The molecule has 7 heteroatoms. The molecule has 1 aliphatic heterocycles. The summed E-state index contributed by atoms with van der Waals surface area (Å²) in [5, 5.41) is 0.963. The highest BCUT2D eigenvalue weighted by Gasteiger charge is 2.22. The van der Waals surface area contributed by atoms with E-state index in [0.29, 0.717) is 12.2 Å². The van der Waals surface area contributed by atoms with Gasteiger partial charge in [0.25, 0.3) is 5.91 Å². The number of pyridine rings is 1. The van der Waals surface area contributed by atoms with Crippen LogP contribution in [0.4, 0.5) is 5.13 Å². The maximum Gasteiger partial charge on any atom is 0.272 e. The molecule has 1 saturated heterocycles. The molecule has 6 nitrogen and oxygen atoms in total. The summed E-state index contributed by atoms with van der Waals surface area (Å²) in [5.74, 6) is 0.910. The molecule has 0 N–H and O–H groups in total. The second-order valence-corrected chi connectivity index (χ2v) is 6.37. The van der Waals surface area contributed by atoms with Gasteiger partial charge in [0.15, 0.2) is 0 Å². The first-order chi connectivity index (χ1) is 11.2. The molecule has 1 amide bonds. The topological polar surface area (TPSA) is 62.2 Å². The molecule has 3 heterocycles. The molecule has 0 aromatic carbocycles. The maximum absolute atomic E-state index is 12.6. The van der Waals surface area contributed by atoms with E-state index < -0.39 is 0 Å². The SMILES string of the molecule is CCc1nsc(N2CCCN(C(=O)c3cccc(C)n3)CC2)n1. The minimum absolute atomic E-state index is 0.0158. The Morgan fingerprint density at radius 2 is 2.09 bits per heavy atom. The second kappa shape index (κ2) is 7.04. The van der Waals surface area contributed by atoms with Crippen LogP contribution in [0.2, 0.25) is 0 Å². The zero-order valence-corrected chi connectivity index (χ0v) is 14.3. The fraction of sp³-hybridized carbons (Fsp3) is 0.500. The lowest BCUT2D eigenvalue weighted by Gasteiger charge is -2.21. The molecule has 1 aliphatic rings. The van der Waals surface area contributed by atoms with Crippen molar-refractivity contribution in [3.63, 3.8) is 0 Å². The largest absolute Gasteiger partial charge is 0.345 e. The van der Waals surface area contributed by atoms with E-state index >= 15 is 0 Å². The number of hydrogen-bond acceptors (Lipinski definition) is 6. The zero-order chi connectivity index (χ0) is 16.2. The highest BCUT2D eigenvalue weighted by molar-refractivity contribution is 7.09. The molecule has 0 unspecified atom stereocenters. The monoisotopic (exact) mass is 331 g/mol. The summed E-state index contributed by atoms with van der Waals surface area (Å²) in [6, 6.07) is 5.57. The molecule has 1 fully saturated rings. The van der Waals surface area contributed by atoms with E-state index in [0.717, 1.165) is 49.1 Å². The molecule has 3 rings (SSSR count). The van der Waals surface area contributed by atoms with Gasteiger partial charge in [0, 0.05) is 49.8 Å². The summed E-state index contributed by atoms with van der Waals surface area (Å²) in [7, 11) is 0. The van der Waals surface area contributed by atoms with Crippen molar-refractivity contribution in [3.05, 3.63) is 35.4 Å². The minimum atomic E-state index is 0.0158. The first-order valence-corrected chi connectivity index (χ1v) is 8.75. The molecule has 0 bridgehead atoms. The van der Waals surface area contributed by atoms with Gasteiger partial charge < -0.3 is 9.80 Å². The van der Waals surface area contributed by atoms with Crippen LogP contribution in [0, 0.1) is 6.92 Å². The standard InChI is InChI=1S/C16H21N5OS/c1-3-14-18-16(23-19-14)21-9-5-8-20(10-11-21)15(22)13-7-4-6-12(2)17-13/h4,6-7H,3,5,8-11H2,1-2H3. The van der Waals surface area contributed by atoms with Gasteiger partial charge in [-0.3, -0.25) is 4.79 Å². The number of carbonyl (C=O) groups is 1. The van der Waals surface area contributed by atoms with Crippen LogP contribution >= 0.6 is 11.5 Å². The lowest BCUT2D eigenvalue weighted by molar-refractivity contribution is 0.0761. The number of amides is 1. The number of hydrogen-bond donors (Lipinski definition) is 0. The normalized spacial score (nSPS) is 15.6. The van der Waals surface area contributed by atoms with Crippen LogP contribution in [0.15, 0.2) is 18.2 Å². The lowest BCUT2D eigenvalue weighted by atomic mass is 10.2. The first-order valence-electron chi connectivity index (χ1n) is 7.98. The van der Waals surface area contributed by atoms with Crippen LogP contribution in [0.25, 0.3) is 0 Å². The van der Waals surface area contributed by atoms with E-state index in [4.69, 9.17) is 0 Å². The fourth-order valence-electron chi connectivity index (χ4n) is 2.65. The van der Waals surface area contributed by atoms with E-state index in [1.165, 1.54) is 11.5 Å². The molecule has 0 spiro atoms. The van der Waals surface area contributed by atoms with Gasteiger partial charge in [-0.25, -0.2) is 9.97 Å².